The van der Waals surface area contributed by atoms with Crippen molar-refractivity contribution >= 4 is 23.2 Å². The van der Waals surface area contributed by atoms with Crippen molar-refractivity contribution < 1.29 is 27.1 Å². The first-order valence-electron chi connectivity index (χ1n) is 9.30. The highest BCUT2D eigenvalue weighted by Gasteiger charge is 2.35. The summed E-state index contributed by atoms with van der Waals surface area (Å²) in [6, 6.07) is 14.4. The molecule has 0 saturated carbocycles. The molecule has 160 valence electrons. The van der Waals surface area contributed by atoms with Crippen molar-refractivity contribution in [3.63, 3.8) is 0 Å². The Labute approximate surface area is 180 Å². The van der Waals surface area contributed by atoms with E-state index in [1.54, 1.807) is 36.4 Å². The van der Waals surface area contributed by atoms with Gasteiger partial charge in [-0.3, -0.25) is 4.79 Å². The summed E-state index contributed by atoms with van der Waals surface area (Å²) in [6.07, 6.45) is -2.59. The van der Waals surface area contributed by atoms with Crippen LogP contribution in [0.4, 0.5) is 13.2 Å². The Kier molecular flexibility index (Phi) is 5.73. The number of nitrogens with zero attached hydrogens (tertiary/aromatic N) is 2. The molecule has 1 aromatic heterocycles. The number of amides is 1. The van der Waals surface area contributed by atoms with Crippen LogP contribution in [0.5, 0.6) is 5.75 Å². The summed E-state index contributed by atoms with van der Waals surface area (Å²) < 4.78 is 49.4. The van der Waals surface area contributed by atoms with Gasteiger partial charge in [-0.25, -0.2) is 5.01 Å². The van der Waals surface area contributed by atoms with Crippen LogP contribution in [0.2, 0.25) is 5.02 Å². The lowest BCUT2D eigenvalue weighted by atomic mass is 10.0. The van der Waals surface area contributed by atoms with E-state index in [1.807, 2.05) is 0 Å². The minimum Gasteiger partial charge on any atom is -0.484 e. The lowest BCUT2D eigenvalue weighted by Gasteiger charge is -2.20. The van der Waals surface area contributed by atoms with E-state index in [4.69, 9.17) is 20.8 Å². The standard InChI is InChI=1S/C22H16ClF3N2O3/c23-16-8-6-14(7-9-16)18-12-19(20-5-2-10-30-20)28(27-18)21(29)13-31-17-4-1-3-15(11-17)22(24,25)26/h1-11,19H,12-13H2/t19-/m1/s1. The van der Waals surface area contributed by atoms with Crippen LogP contribution in [-0.4, -0.2) is 23.2 Å². The van der Waals surface area contributed by atoms with Crippen LogP contribution in [-0.2, 0) is 11.0 Å². The van der Waals surface area contributed by atoms with Gasteiger partial charge in [0.25, 0.3) is 5.91 Å². The van der Waals surface area contributed by atoms with E-state index in [9.17, 15) is 18.0 Å². The van der Waals surface area contributed by atoms with Gasteiger partial charge >= 0.3 is 6.18 Å². The maximum absolute atomic E-state index is 12.9. The number of carbonyl (C=O) groups is 1. The molecule has 31 heavy (non-hydrogen) atoms. The van der Waals surface area contributed by atoms with E-state index in [1.165, 1.54) is 23.4 Å². The number of rotatable bonds is 5. The third-order valence-corrected chi connectivity index (χ3v) is 4.99. The summed E-state index contributed by atoms with van der Waals surface area (Å²) in [5.74, 6) is -0.0262. The minimum atomic E-state index is -4.50. The predicted molar refractivity (Wildman–Crippen MR) is 108 cm³/mol. The number of hydrazone groups is 1. The highest BCUT2D eigenvalue weighted by atomic mass is 35.5. The highest BCUT2D eigenvalue weighted by Crippen LogP contribution is 2.34. The van der Waals surface area contributed by atoms with Crippen LogP contribution in [0.3, 0.4) is 0 Å². The molecule has 0 fully saturated rings. The van der Waals surface area contributed by atoms with Crippen molar-refractivity contribution in [3.8, 4) is 5.75 Å². The first kappa shape index (κ1) is 21.0. The third kappa shape index (κ3) is 4.74. The molecule has 0 N–H and O–H groups in total. The molecular formula is C22H16ClF3N2O3. The molecule has 0 unspecified atom stereocenters. The lowest BCUT2D eigenvalue weighted by molar-refractivity contribution is -0.137. The number of benzene rings is 2. The Morgan fingerprint density at radius 2 is 1.94 bits per heavy atom. The Morgan fingerprint density at radius 3 is 2.61 bits per heavy atom. The van der Waals surface area contributed by atoms with Crippen molar-refractivity contribution in [2.45, 2.75) is 18.6 Å². The molecule has 9 heteroatoms. The molecule has 0 radical (unpaired) electrons. The van der Waals surface area contributed by atoms with Gasteiger partial charge in [0.15, 0.2) is 6.61 Å². The average Bonchev–Trinajstić information content (AvgIpc) is 3.42. The van der Waals surface area contributed by atoms with Gasteiger partial charge in [0.1, 0.15) is 17.6 Å². The molecule has 0 bridgehead atoms. The van der Waals surface area contributed by atoms with E-state index in [2.05, 4.69) is 5.10 Å². The van der Waals surface area contributed by atoms with Crippen LogP contribution in [0.15, 0.2) is 76.4 Å². The first-order chi connectivity index (χ1) is 14.8. The fraction of sp³-hybridized carbons (Fsp3) is 0.182. The number of hydrogen-bond acceptors (Lipinski definition) is 4. The molecule has 2 heterocycles. The van der Waals surface area contributed by atoms with Gasteiger partial charge in [-0.2, -0.15) is 18.3 Å². The van der Waals surface area contributed by atoms with Crippen molar-refractivity contribution in [2.24, 2.45) is 5.10 Å². The molecule has 1 aliphatic heterocycles. The summed E-state index contributed by atoms with van der Waals surface area (Å²) in [7, 11) is 0. The number of furan rings is 1. The van der Waals surface area contributed by atoms with E-state index in [-0.39, 0.29) is 5.75 Å². The molecule has 2 aromatic carbocycles. The largest absolute Gasteiger partial charge is 0.484 e. The van der Waals surface area contributed by atoms with Gasteiger partial charge in [-0.1, -0.05) is 29.8 Å². The Morgan fingerprint density at radius 1 is 1.16 bits per heavy atom. The van der Waals surface area contributed by atoms with Gasteiger partial charge in [0, 0.05) is 11.4 Å². The van der Waals surface area contributed by atoms with Crippen molar-refractivity contribution in [2.75, 3.05) is 6.61 Å². The second-order valence-corrected chi connectivity index (χ2v) is 7.28. The molecule has 3 aromatic rings. The first-order valence-corrected chi connectivity index (χ1v) is 9.68. The van der Waals surface area contributed by atoms with E-state index >= 15 is 0 Å². The van der Waals surface area contributed by atoms with Crippen LogP contribution in [0, 0.1) is 0 Å². The summed E-state index contributed by atoms with van der Waals surface area (Å²) >= 11 is 5.94. The molecule has 1 aliphatic rings. The molecule has 0 saturated heterocycles. The fourth-order valence-electron chi connectivity index (χ4n) is 3.23. The Balaban J connectivity index is 1.53. The Hall–Kier alpha value is -3.26. The summed E-state index contributed by atoms with van der Waals surface area (Å²) in [5, 5.41) is 6.25. The van der Waals surface area contributed by atoms with E-state index in [0.717, 1.165) is 17.7 Å². The Bertz CT molecular complexity index is 1100. The predicted octanol–water partition coefficient (Wildman–Crippen LogP) is 5.71. The SMILES string of the molecule is O=C(COc1cccc(C(F)(F)F)c1)N1N=C(c2ccc(Cl)cc2)C[C@@H]1c1ccco1. The molecule has 0 aliphatic carbocycles. The minimum absolute atomic E-state index is 0.0566. The normalized spacial score (nSPS) is 16.3. The molecule has 4 rings (SSSR count). The number of ether oxygens (including phenoxy) is 1. The van der Waals surface area contributed by atoms with Gasteiger partial charge in [-0.05, 0) is 48.0 Å². The number of halogens is 4. The lowest BCUT2D eigenvalue weighted by Crippen LogP contribution is -2.31. The van der Waals surface area contributed by atoms with E-state index < -0.39 is 30.3 Å². The van der Waals surface area contributed by atoms with Crippen LogP contribution in [0.1, 0.15) is 29.3 Å². The molecule has 0 spiro atoms. The monoisotopic (exact) mass is 448 g/mol. The van der Waals surface area contributed by atoms with Crippen molar-refractivity contribution in [1.29, 1.82) is 0 Å². The molecule has 1 amide bonds. The number of carbonyl (C=O) groups excluding carboxylic acids is 1. The van der Waals surface area contributed by atoms with Gasteiger partial charge in [-0.15, -0.1) is 0 Å². The van der Waals surface area contributed by atoms with Crippen LogP contribution >= 0.6 is 11.6 Å². The maximum atomic E-state index is 12.9. The highest BCUT2D eigenvalue weighted by molar-refractivity contribution is 6.30. The third-order valence-electron chi connectivity index (χ3n) is 4.74. The summed E-state index contributed by atoms with van der Waals surface area (Å²) in [5.41, 5.74) is 0.607. The van der Waals surface area contributed by atoms with Gasteiger partial charge in [0.05, 0.1) is 17.5 Å². The average molecular weight is 449 g/mol. The maximum Gasteiger partial charge on any atom is 0.416 e. The second kappa shape index (κ2) is 8.47. The molecular weight excluding hydrogens is 433 g/mol. The molecule has 5 nitrogen and oxygen atoms in total. The van der Waals surface area contributed by atoms with Crippen molar-refractivity contribution in [3.05, 3.63) is 88.8 Å². The molecule has 1 atom stereocenters. The zero-order valence-electron chi connectivity index (χ0n) is 16.0. The topological polar surface area (TPSA) is 55.0 Å². The van der Waals surface area contributed by atoms with Crippen LogP contribution in [0.25, 0.3) is 0 Å². The van der Waals surface area contributed by atoms with Crippen molar-refractivity contribution in [1.82, 2.24) is 5.01 Å². The van der Waals surface area contributed by atoms with Gasteiger partial charge < -0.3 is 9.15 Å². The summed E-state index contributed by atoms with van der Waals surface area (Å²) in [6.45, 7) is -0.476. The zero-order valence-corrected chi connectivity index (χ0v) is 16.7. The van der Waals surface area contributed by atoms with Gasteiger partial charge in [0.2, 0.25) is 0 Å². The van der Waals surface area contributed by atoms with E-state index in [0.29, 0.717) is 22.9 Å². The second-order valence-electron chi connectivity index (χ2n) is 6.84. The number of hydrogen-bond donors (Lipinski definition) is 0. The quantitative estimate of drug-likeness (QED) is 0.502. The smallest absolute Gasteiger partial charge is 0.416 e. The summed E-state index contributed by atoms with van der Waals surface area (Å²) in [4.78, 5) is 12.8. The zero-order chi connectivity index (χ0) is 22.0. The van der Waals surface area contributed by atoms with Crippen LogP contribution < -0.4 is 4.74 Å². The number of alkyl halides is 3. The fourth-order valence-corrected chi connectivity index (χ4v) is 3.36.